The molecule has 0 heterocycles. The van der Waals surface area contributed by atoms with E-state index in [9.17, 15) is 4.39 Å². The Morgan fingerprint density at radius 1 is 1.00 bits per heavy atom. The van der Waals surface area contributed by atoms with Gasteiger partial charge in [-0.2, -0.15) is 0 Å². The SMILES string of the molecule is Cc1cc(C)c(CCI)c(-c2ccc(F)c(C)c2)c1. The van der Waals surface area contributed by atoms with E-state index < -0.39 is 0 Å². The van der Waals surface area contributed by atoms with Crippen LogP contribution in [0.2, 0.25) is 0 Å². The molecule has 0 bridgehead atoms. The molecular weight excluding hydrogens is 350 g/mol. The van der Waals surface area contributed by atoms with E-state index in [-0.39, 0.29) is 5.82 Å². The van der Waals surface area contributed by atoms with Gasteiger partial charge in [-0.05, 0) is 67.1 Å². The van der Waals surface area contributed by atoms with Gasteiger partial charge in [0.1, 0.15) is 5.82 Å². The first-order chi connectivity index (χ1) is 9.02. The molecular formula is C17H18FI. The lowest BCUT2D eigenvalue weighted by Crippen LogP contribution is -1.97. The third-order valence-electron chi connectivity index (χ3n) is 3.43. The average molecular weight is 368 g/mol. The Kier molecular flexibility index (Phi) is 4.61. The Morgan fingerprint density at radius 2 is 1.74 bits per heavy atom. The average Bonchev–Trinajstić information content (AvgIpc) is 2.36. The normalized spacial score (nSPS) is 10.8. The van der Waals surface area contributed by atoms with Gasteiger partial charge in [0.05, 0.1) is 0 Å². The zero-order valence-corrected chi connectivity index (χ0v) is 13.7. The molecule has 0 saturated heterocycles. The van der Waals surface area contributed by atoms with Crippen LogP contribution in [-0.4, -0.2) is 4.43 Å². The molecule has 0 amide bonds. The Bertz CT molecular complexity index is 602. The standard InChI is InChI=1S/C17H18FI/c1-11-8-12(2)15(6-7-19)16(9-11)14-4-5-17(18)13(3)10-14/h4-5,8-10H,6-7H2,1-3H3. The van der Waals surface area contributed by atoms with Crippen LogP contribution in [0.25, 0.3) is 11.1 Å². The van der Waals surface area contributed by atoms with Gasteiger partial charge >= 0.3 is 0 Å². The minimum absolute atomic E-state index is 0.136. The molecule has 2 aromatic carbocycles. The quantitative estimate of drug-likeness (QED) is 0.503. The third kappa shape index (κ3) is 3.16. The number of hydrogen-bond donors (Lipinski definition) is 0. The van der Waals surface area contributed by atoms with Crippen molar-refractivity contribution in [2.75, 3.05) is 4.43 Å². The number of alkyl halides is 1. The molecule has 0 aliphatic carbocycles. The lowest BCUT2D eigenvalue weighted by Gasteiger charge is -2.14. The van der Waals surface area contributed by atoms with E-state index in [1.807, 2.05) is 19.1 Å². The second-order valence-electron chi connectivity index (χ2n) is 5.01. The highest BCUT2D eigenvalue weighted by atomic mass is 127. The van der Waals surface area contributed by atoms with Crippen LogP contribution in [0.5, 0.6) is 0 Å². The smallest absolute Gasteiger partial charge is 0.126 e. The maximum atomic E-state index is 13.4. The number of hydrogen-bond acceptors (Lipinski definition) is 0. The summed E-state index contributed by atoms with van der Waals surface area (Å²) in [5.41, 5.74) is 7.03. The van der Waals surface area contributed by atoms with Crippen molar-refractivity contribution in [2.45, 2.75) is 27.2 Å². The van der Waals surface area contributed by atoms with E-state index >= 15 is 0 Å². The van der Waals surface area contributed by atoms with Crippen LogP contribution in [0, 0.1) is 26.6 Å². The Hall–Kier alpha value is -0.900. The fourth-order valence-corrected chi connectivity index (χ4v) is 3.03. The van der Waals surface area contributed by atoms with Crippen LogP contribution in [0.15, 0.2) is 30.3 Å². The number of aryl methyl sites for hydroxylation is 3. The summed E-state index contributed by atoms with van der Waals surface area (Å²) in [4.78, 5) is 0. The van der Waals surface area contributed by atoms with E-state index in [4.69, 9.17) is 0 Å². The first-order valence-corrected chi connectivity index (χ1v) is 7.98. The van der Waals surface area contributed by atoms with Gasteiger partial charge in [-0.1, -0.05) is 46.4 Å². The molecule has 0 fully saturated rings. The molecule has 2 rings (SSSR count). The van der Waals surface area contributed by atoms with E-state index in [1.54, 1.807) is 6.07 Å². The number of rotatable bonds is 3. The van der Waals surface area contributed by atoms with Crippen LogP contribution in [0.3, 0.4) is 0 Å². The van der Waals surface area contributed by atoms with E-state index in [0.29, 0.717) is 5.56 Å². The maximum Gasteiger partial charge on any atom is 0.126 e. The van der Waals surface area contributed by atoms with Gasteiger partial charge < -0.3 is 0 Å². The molecule has 100 valence electrons. The molecule has 0 atom stereocenters. The zero-order chi connectivity index (χ0) is 14.0. The Morgan fingerprint density at radius 3 is 2.37 bits per heavy atom. The molecule has 0 aliphatic heterocycles. The van der Waals surface area contributed by atoms with Crippen LogP contribution in [0.1, 0.15) is 22.3 Å². The number of halogens is 2. The van der Waals surface area contributed by atoms with Gasteiger partial charge in [0.25, 0.3) is 0 Å². The third-order valence-corrected chi connectivity index (χ3v) is 3.97. The largest absolute Gasteiger partial charge is 0.207 e. The Labute approximate surface area is 128 Å². The maximum absolute atomic E-state index is 13.4. The van der Waals surface area contributed by atoms with Crippen molar-refractivity contribution >= 4 is 22.6 Å². The van der Waals surface area contributed by atoms with E-state index in [2.05, 4.69) is 48.6 Å². The molecule has 0 aliphatic rings. The van der Waals surface area contributed by atoms with Crippen LogP contribution in [0.4, 0.5) is 4.39 Å². The van der Waals surface area contributed by atoms with Gasteiger partial charge in [0, 0.05) is 4.43 Å². The van der Waals surface area contributed by atoms with Crippen LogP contribution in [-0.2, 0) is 6.42 Å². The molecule has 19 heavy (non-hydrogen) atoms. The fraction of sp³-hybridized carbons (Fsp3) is 0.294. The fourth-order valence-electron chi connectivity index (χ4n) is 2.49. The van der Waals surface area contributed by atoms with Gasteiger partial charge in [0.15, 0.2) is 0 Å². The van der Waals surface area contributed by atoms with Gasteiger partial charge in [-0.3, -0.25) is 0 Å². The first-order valence-electron chi connectivity index (χ1n) is 6.45. The molecule has 0 unspecified atom stereocenters. The summed E-state index contributed by atoms with van der Waals surface area (Å²) >= 11 is 2.40. The molecule has 2 heteroatoms. The first kappa shape index (κ1) is 14.5. The van der Waals surface area contributed by atoms with E-state index in [0.717, 1.165) is 16.4 Å². The summed E-state index contributed by atoms with van der Waals surface area (Å²) in [6.07, 6.45) is 1.05. The second-order valence-corrected chi connectivity index (χ2v) is 6.09. The zero-order valence-electron chi connectivity index (χ0n) is 11.6. The monoisotopic (exact) mass is 368 g/mol. The van der Waals surface area contributed by atoms with Crippen molar-refractivity contribution in [3.05, 3.63) is 58.4 Å². The summed E-state index contributed by atoms with van der Waals surface area (Å²) in [7, 11) is 0. The summed E-state index contributed by atoms with van der Waals surface area (Å²) in [5.74, 6) is -0.136. The van der Waals surface area contributed by atoms with Crippen LogP contribution >= 0.6 is 22.6 Å². The van der Waals surface area contributed by atoms with Crippen molar-refractivity contribution in [3.63, 3.8) is 0 Å². The minimum atomic E-state index is -0.136. The summed E-state index contributed by atoms with van der Waals surface area (Å²) in [6.45, 7) is 6.09. The molecule has 0 spiro atoms. The van der Waals surface area contributed by atoms with Crippen molar-refractivity contribution in [3.8, 4) is 11.1 Å². The molecule has 0 nitrogen and oxygen atoms in total. The van der Waals surface area contributed by atoms with Gasteiger partial charge in [-0.15, -0.1) is 0 Å². The van der Waals surface area contributed by atoms with E-state index in [1.165, 1.54) is 22.3 Å². The second kappa shape index (κ2) is 6.04. The topological polar surface area (TPSA) is 0 Å². The van der Waals surface area contributed by atoms with Crippen LogP contribution < -0.4 is 0 Å². The summed E-state index contributed by atoms with van der Waals surface area (Å²) in [6, 6.07) is 9.83. The summed E-state index contributed by atoms with van der Waals surface area (Å²) in [5, 5.41) is 0. The highest BCUT2D eigenvalue weighted by Crippen LogP contribution is 2.29. The highest BCUT2D eigenvalue weighted by Gasteiger charge is 2.10. The van der Waals surface area contributed by atoms with Crippen molar-refractivity contribution in [1.29, 1.82) is 0 Å². The Balaban J connectivity index is 2.62. The number of benzene rings is 2. The molecule has 0 saturated carbocycles. The predicted molar refractivity (Wildman–Crippen MR) is 88.6 cm³/mol. The van der Waals surface area contributed by atoms with Gasteiger partial charge in [-0.25, -0.2) is 4.39 Å². The summed E-state index contributed by atoms with van der Waals surface area (Å²) < 4.78 is 14.5. The lowest BCUT2D eigenvalue weighted by molar-refractivity contribution is 0.619. The molecule has 0 aromatic heterocycles. The molecule has 0 N–H and O–H groups in total. The highest BCUT2D eigenvalue weighted by molar-refractivity contribution is 14.1. The molecule has 0 radical (unpaired) electrons. The van der Waals surface area contributed by atoms with Gasteiger partial charge in [0.2, 0.25) is 0 Å². The van der Waals surface area contributed by atoms with Crippen molar-refractivity contribution in [1.82, 2.24) is 0 Å². The van der Waals surface area contributed by atoms with Crippen molar-refractivity contribution in [2.24, 2.45) is 0 Å². The van der Waals surface area contributed by atoms with Crippen molar-refractivity contribution < 1.29 is 4.39 Å². The minimum Gasteiger partial charge on any atom is -0.207 e. The predicted octanol–water partition coefficient (Wildman–Crippen LogP) is 5.40. The lowest BCUT2D eigenvalue weighted by atomic mass is 9.91. The molecule has 2 aromatic rings.